The zero-order valence-electron chi connectivity index (χ0n) is 8.52. The van der Waals surface area contributed by atoms with E-state index in [1.54, 1.807) is 6.07 Å². The molecule has 1 aromatic carbocycles. The first-order chi connectivity index (χ1) is 8.19. The Hall–Kier alpha value is -1.73. The van der Waals surface area contributed by atoms with E-state index in [0.29, 0.717) is 4.47 Å². The van der Waals surface area contributed by atoms with E-state index in [4.69, 9.17) is 10.6 Å². The number of anilines is 1. The molecule has 0 fully saturated rings. The summed E-state index contributed by atoms with van der Waals surface area (Å²) in [7, 11) is 0. The molecule has 17 heavy (non-hydrogen) atoms. The van der Waals surface area contributed by atoms with Crippen molar-refractivity contribution in [2.75, 3.05) is 5.43 Å². The minimum absolute atomic E-state index is 0.0786. The van der Waals surface area contributed by atoms with Gasteiger partial charge in [-0.3, -0.25) is 5.43 Å². The maximum atomic E-state index is 13.5. The highest BCUT2D eigenvalue weighted by Gasteiger charge is 2.06. The number of rotatable bonds is 3. The van der Waals surface area contributed by atoms with Crippen molar-refractivity contribution in [3.8, 4) is 11.6 Å². The van der Waals surface area contributed by atoms with E-state index in [-0.39, 0.29) is 17.6 Å². The minimum atomic E-state index is -0.486. The summed E-state index contributed by atoms with van der Waals surface area (Å²) in [5.74, 6) is 5.14. The second kappa shape index (κ2) is 5.07. The van der Waals surface area contributed by atoms with Crippen molar-refractivity contribution in [1.82, 2.24) is 9.97 Å². The number of nitrogens with one attached hydrogen (secondary N) is 1. The van der Waals surface area contributed by atoms with Crippen molar-refractivity contribution >= 4 is 21.9 Å². The third-order valence-corrected chi connectivity index (χ3v) is 2.36. The predicted octanol–water partition coefficient (Wildman–Crippen LogP) is 2.46. The van der Waals surface area contributed by atoms with Crippen molar-refractivity contribution in [2.24, 2.45) is 5.84 Å². The number of nitrogens with two attached hydrogens (primary N) is 1. The molecule has 0 aliphatic carbocycles. The Kier molecular flexibility index (Phi) is 3.50. The smallest absolute Gasteiger partial charge is 0.240 e. The molecule has 1 aromatic heterocycles. The highest BCUT2D eigenvalue weighted by atomic mass is 79.9. The summed E-state index contributed by atoms with van der Waals surface area (Å²) in [5, 5.41) is 0. The van der Waals surface area contributed by atoms with Crippen LogP contribution in [0, 0.1) is 5.82 Å². The summed E-state index contributed by atoms with van der Waals surface area (Å²) in [6.45, 7) is 0. The highest BCUT2D eigenvalue weighted by molar-refractivity contribution is 9.10. The Morgan fingerprint density at radius 1 is 1.35 bits per heavy atom. The quantitative estimate of drug-likeness (QED) is 0.673. The lowest BCUT2D eigenvalue weighted by atomic mass is 10.3. The molecule has 2 rings (SSSR count). The molecule has 0 saturated heterocycles. The van der Waals surface area contributed by atoms with E-state index in [2.05, 4.69) is 31.3 Å². The number of hydrazine groups is 1. The van der Waals surface area contributed by atoms with Crippen molar-refractivity contribution in [1.29, 1.82) is 0 Å². The Morgan fingerprint density at radius 2 is 2.18 bits per heavy atom. The number of hydrogen-bond donors (Lipinski definition) is 2. The van der Waals surface area contributed by atoms with E-state index in [0.717, 1.165) is 0 Å². The molecular formula is C10H8BrFN4O. The summed E-state index contributed by atoms with van der Waals surface area (Å²) in [5.41, 5.74) is 2.27. The van der Waals surface area contributed by atoms with Gasteiger partial charge in [-0.05, 0) is 18.2 Å². The van der Waals surface area contributed by atoms with E-state index >= 15 is 0 Å². The Labute approximate surface area is 105 Å². The van der Waals surface area contributed by atoms with Crippen molar-refractivity contribution in [3.63, 3.8) is 0 Å². The lowest BCUT2D eigenvalue weighted by Gasteiger charge is -2.06. The van der Waals surface area contributed by atoms with Crippen molar-refractivity contribution in [3.05, 3.63) is 40.8 Å². The van der Waals surface area contributed by atoms with E-state index < -0.39 is 5.82 Å². The van der Waals surface area contributed by atoms with Crippen LogP contribution in [0.25, 0.3) is 0 Å². The van der Waals surface area contributed by atoms with Crippen LogP contribution >= 0.6 is 15.9 Å². The molecule has 88 valence electrons. The summed E-state index contributed by atoms with van der Waals surface area (Å²) < 4.78 is 19.4. The molecule has 0 radical (unpaired) electrons. The summed E-state index contributed by atoms with van der Waals surface area (Å²) in [6, 6.07) is 5.97. The summed E-state index contributed by atoms with van der Waals surface area (Å²) in [6.07, 6.45) is 1.45. The van der Waals surface area contributed by atoms with Gasteiger partial charge in [-0.25, -0.2) is 15.2 Å². The maximum absolute atomic E-state index is 13.5. The van der Waals surface area contributed by atoms with Gasteiger partial charge >= 0.3 is 0 Å². The number of aromatic nitrogens is 2. The molecule has 3 N–H and O–H groups in total. The molecule has 2 aromatic rings. The molecule has 0 spiro atoms. The first-order valence-corrected chi connectivity index (χ1v) is 5.41. The van der Waals surface area contributed by atoms with Gasteiger partial charge in [0.05, 0.1) is 0 Å². The highest BCUT2D eigenvalue weighted by Crippen LogP contribution is 2.25. The SMILES string of the molecule is NNc1nccc(Oc2ccc(Br)cc2F)n1. The number of nitrogen functional groups attached to an aromatic ring is 1. The number of benzene rings is 1. The Bertz CT molecular complexity index is 537. The van der Waals surface area contributed by atoms with Gasteiger partial charge in [0.2, 0.25) is 11.8 Å². The van der Waals surface area contributed by atoms with Crippen LogP contribution in [0.5, 0.6) is 11.6 Å². The maximum Gasteiger partial charge on any atom is 0.240 e. The van der Waals surface area contributed by atoms with Crippen LogP contribution in [-0.2, 0) is 0 Å². The lowest BCUT2D eigenvalue weighted by Crippen LogP contribution is -2.10. The minimum Gasteiger partial charge on any atom is -0.436 e. The molecule has 7 heteroatoms. The summed E-state index contributed by atoms with van der Waals surface area (Å²) in [4.78, 5) is 7.71. The fraction of sp³-hybridized carbons (Fsp3) is 0. The van der Waals surface area contributed by atoms with E-state index in [1.807, 2.05) is 0 Å². The number of ether oxygens (including phenoxy) is 1. The van der Waals surface area contributed by atoms with Gasteiger partial charge in [0.15, 0.2) is 11.6 Å². The first-order valence-electron chi connectivity index (χ1n) is 4.61. The van der Waals surface area contributed by atoms with Crippen molar-refractivity contribution < 1.29 is 9.13 Å². The van der Waals surface area contributed by atoms with Crippen LogP contribution in [0.3, 0.4) is 0 Å². The molecule has 0 aliphatic heterocycles. The van der Waals surface area contributed by atoms with Gasteiger partial charge < -0.3 is 4.74 Å². The standard InChI is InChI=1S/C10H8BrFN4O/c11-6-1-2-8(7(12)5-6)17-9-3-4-14-10(15-9)16-13/h1-5H,13H2,(H,14,15,16). The topological polar surface area (TPSA) is 73.1 Å². The lowest BCUT2D eigenvalue weighted by molar-refractivity contribution is 0.427. The van der Waals surface area contributed by atoms with Gasteiger partial charge in [0.1, 0.15) is 0 Å². The third-order valence-electron chi connectivity index (χ3n) is 1.87. The second-order valence-corrected chi connectivity index (χ2v) is 3.96. The second-order valence-electron chi connectivity index (χ2n) is 3.04. The predicted molar refractivity (Wildman–Crippen MR) is 64.0 cm³/mol. The zero-order chi connectivity index (χ0) is 12.3. The Balaban J connectivity index is 2.25. The van der Waals surface area contributed by atoms with E-state index in [1.165, 1.54) is 24.4 Å². The van der Waals surface area contributed by atoms with Gasteiger partial charge in [-0.2, -0.15) is 4.98 Å². The fourth-order valence-electron chi connectivity index (χ4n) is 1.14. The van der Waals surface area contributed by atoms with Crippen LogP contribution in [-0.4, -0.2) is 9.97 Å². The fourth-order valence-corrected chi connectivity index (χ4v) is 1.47. The van der Waals surface area contributed by atoms with E-state index in [9.17, 15) is 4.39 Å². The Morgan fingerprint density at radius 3 is 2.88 bits per heavy atom. The first kappa shape index (κ1) is 11.7. The molecule has 0 aliphatic rings. The molecule has 0 saturated carbocycles. The normalized spacial score (nSPS) is 10.1. The van der Waals surface area contributed by atoms with Crippen molar-refractivity contribution in [2.45, 2.75) is 0 Å². The number of hydrogen-bond acceptors (Lipinski definition) is 5. The van der Waals surface area contributed by atoms with Crippen LogP contribution in [0.1, 0.15) is 0 Å². The number of halogens is 2. The van der Waals surface area contributed by atoms with Gasteiger partial charge in [-0.1, -0.05) is 15.9 Å². The molecule has 0 bridgehead atoms. The zero-order valence-corrected chi connectivity index (χ0v) is 10.1. The molecule has 0 atom stereocenters. The van der Waals surface area contributed by atoms with Crippen LogP contribution < -0.4 is 16.0 Å². The van der Waals surface area contributed by atoms with Crippen LogP contribution in [0.15, 0.2) is 34.9 Å². The van der Waals surface area contributed by atoms with Gasteiger partial charge in [-0.15, -0.1) is 0 Å². The van der Waals surface area contributed by atoms with Gasteiger partial charge in [0, 0.05) is 16.7 Å². The third kappa shape index (κ3) is 2.89. The largest absolute Gasteiger partial charge is 0.436 e. The monoisotopic (exact) mass is 298 g/mol. The molecule has 5 nitrogen and oxygen atoms in total. The molecule has 0 amide bonds. The summed E-state index contributed by atoms with van der Waals surface area (Å²) >= 11 is 3.16. The number of nitrogens with zero attached hydrogens (tertiary/aromatic N) is 2. The molecule has 0 unspecified atom stereocenters. The van der Waals surface area contributed by atoms with Crippen LogP contribution in [0.2, 0.25) is 0 Å². The molecular weight excluding hydrogens is 291 g/mol. The average Bonchev–Trinajstić information content (AvgIpc) is 2.33. The van der Waals surface area contributed by atoms with Gasteiger partial charge in [0.25, 0.3) is 0 Å². The molecule has 1 heterocycles. The average molecular weight is 299 g/mol. The van der Waals surface area contributed by atoms with Crippen LogP contribution in [0.4, 0.5) is 10.3 Å².